The second-order valence-electron chi connectivity index (χ2n) is 6.40. The Morgan fingerprint density at radius 1 is 1.40 bits per heavy atom. The molecule has 0 N–H and O–H groups in total. The van der Waals surface area contributed by atoms with E-state index in [1.54, 1.807) is 6.34 Å². The van der Waals surface area contributed by atoms with Crippen molar-refractivity contribution in [1.29, 1.82) is 0 Å². The van der Waals surface area contributed by atoms with Crippen LogP contribution in [-0.4, -0.2) is 49.8 Å². The Kier molecular flexibility index (Phi) is 6.42. The van der Waals surface area contributed by atoms with Crippen molar-refractivity contribution in [2.45, 2.75) is 45.8 Å². The van der Waals surface area contributed by atoms with Crippen LogP contribution in [0.5, 0.6) is 0 Å². The summed E-state index contributed by atoms with van der Waals surface area (Å²) in [5.74, 6) is 0.740. The van der Waals surface area contributed by atoms with Gasteiger partial charge in [0.25, 0.3) is 0 Å². The molecular formula is C14H28N4OSi. The Morgan fingerprint density at radius 3 is 2.65 bits per heavy atom. The topological polar surface area (TPSA) is 42.7 Å². The Hall–Kier alpha value is -1.14. The minimum Gasteiger partial charge on any atom is -0.369 e. The first-order valence-electron chi connectivity index (χ1n) is 7.17. The summed E-state index contributed by atoms with van der Waals surface area (Å²) in [6.07, 6.45) is 2.69. The summed E-state index contributed by atoms with van der Waals surface area (Å²) in [6.45, 7) is 10.5. The smallest absolute Gasteiger partial charge is 0.175 e. The highest BCUT2D eigenvalue weighted by molar-refractivity contribution is 6.76. The predicted molar refractivity (Wildman–Crippen MR) is 87.5 cm³/mol. The molecular weight excluding hydrogens is 268 g/mol. The molecule has 114 valence electrons. The Balaban J connectivity index is 2.56. The molecule has 20 heavy (non-hydrogen) atoms. The van der Waals surface area contributed by atoms with Crippen LogP contribution in [0.4, 0.5) is 5.82 Å². The number of hydrogen-bond donors (Lipinski definition) is 0. The lowest BCUT2D eigenvalue weighted by molar-refractivity contribution is 0.0768. The van der Waals surface area contributed by atoms with Crippen molar-refractivity contribution in [3.05, 3.63) is 11.8 Å². The number of aromatic nitrogens is 2. The highest BCUT2D eigenvalue weighted by atomic mass is 28.3. The lowest BCUT2D eigenvalue weighted by Gasteiger charge is -2.15. The summed E-state index contributed by atoms with van der Waals surface area (Å²) in [5.41, 5.74) is 1.16. The molecule has 0 fully saturated rings. The van der Waals surface area contributed by atoms with E-state index in [1.165, 1.54) is 6.04 Å². The predicted octanol–water partition coefficient (Wildman–Crippen LogP) is 2.98. The van der Waals surface area contributed by atoms with Gasteiger partial charge in [0.1, 0.15) is 6.73 Å². The van der Waals surface area contributed by atoms with Crippen molar-refractivity contribution in [1.82, 2.24) is 14.7 Å². The van der Waals surface area contributed by atoms with E-state index in [0.717, 1.165) is 24.5 Å². The maximum atomic E-state index is 5.75. The highest BCUT2D eigenvalue weighted by Crippen LogP contribution is 2.14. The molecule has 1 heterocycles. The lowest BCUT2D eigenvalue weighted by Crippen LogP contribution is -2.22. The van der Waals surface area contributed by atoms with E-state index in [-0.39, 0.29) is 0 Å². The Bertz CT molecular complexity index is 435. The summed E-state index contributed by atoms with van der Waals surface area (Å²) in [6, 6.07) is 3.20. The molecule has 1 aromatic heterocycles. The standard InChI is InChI=1S/C14H28N4OSi/c1-7-13-10-14(15-11-17(2)3)16-18(13)12-19-8-9-20(4,5)6/h10-11H,7-9,12H2,1-6H3. The molecule has 0 aliphatic rings. The van der Waals surface area contributed by atoms with Crippen molar-refractivity contribution >= 4 is 20.2 Å². The normalized spacial score (nSPS) is 12.3. The number of rotatable bonds is 8. The molecule has 0 amide bonds. The fourth-order valence-corrected chi connectivity index (χ4v) is 2.36. The van der Waals surface area contributed by atoms with Gasteiger partial charge < -0.3 is 9.64 Å². The number of ether oxygens (including phenoxy) is 1. The van der Waals surface area contributed by atoms with Gasteiger partial charge in [-0.25, -0.2) is 9.67 Å². The van der Waals surface area contributed by atoms with E-state index in [1.807, 2.05) is 29.7 Å². The van der Waals surface area contributed by atoms with Gasteiger partial charge in [-0.2, -0.15) is 5.10 Å². The lowest BCUT2D eigenvalue weighted by atomic mass is 10.3. The van der Waals surface area contributed by atoms with Gasteiger partial charge >= 0.3 is 0 Å². The molecule has 5 nitrogen and oxygen atoms in total. The molecule has 6 heteroatoms. The van der Waals surface area contributed by atoms with Crippen molar-refractivity contribution in [2.24, 2.45) is 4.99 Å². The maximum Gasteiger partial charge on any atom is 0.175 e. The van der Waals surface area contributed by atoms with Gasteiger partial charge in [0.05, 0.1) is 6.34 Å². The minimum atomic E-state index is -1.02. The summed E-state index contributed by atoms with van der Waals surface area (Å²) in [7, 11) is 2.87. The Labute approximate surface area is 123 Å². The van der Waals surface area contributed by atoms with E-state index in [0.29, 0.717) is 6.73 Å². The van der Waals surface area contributed by atoms with Gasteiger partial charge in [-0.1, -0.05) is 26.6 Å². The summed E-state index contributed by atoms with van der Waals surface area (Å²) in [5, 5.41) is 4.47. The fraction of sp³-hybridized carbons (Fsp3) is 0.714. The first kappa shape index (κ1) is 16.9. The zero-order valence-electron chi connectivity index (χ0n) is 13.7. The van der Waals surface area contributed by atoms with Crippen LogP contribution < -0.4 is 0 Å². The zero-order chi connectivity index (χ0) is 15.2. The van der Waals surface area contributed by atoms with Crippen molar-refractivity contribution in [2.75, 3.05) is 20.7 Å². The molecule has 0 aliphatic heterocycles. The molecule has 1 rings (SSSR count). The van der Waals surface area contributed by atoms with Crippen LogP contribution in [0, 0.1) is 0 Å². The number of nitrogens with zero attached hydrogens (tertiary/aromatic N) is 4. The van der Waals surface area contributed by atoms with Crippen LogP contribution >= 0.6 is 0 Å². The summed E-state index contributed by atoms with van der Waals surface area (Å²) in [4.78, 5) is 6.22. The van der Waals surface area contributed by atoms with Crippen molar-refractivity contribution in [3.63, 3.8) is 0 Å². The number of hydrogen-bond acceptors (Lipinski definition) is 3. The van der Waals surface area contributed by atoms with Crippen LogP contribution in [0.3, 0.4) is 0 Å². The van der Waals surface area contributed by atoms with Gasteiger partial charge in [0.2, 0.25) is 0 Å². The summed E-state index contributed by atoms with van der Waals surface area (Å²) < 4.78 is 7.66. The first-order chi connectivity index (χ1) is 9.31. The van der Waals surface area contributed by atoms with Gasteiger partial charge in [-0.3, -0.25) is 0 Å². The monoisotopic (exact) mass is 296 g/mol. The van der Waals surface area contributed by atoms with Gasteiger partial charge in [0.15, 0.2) is 5.82 Å². The highest BCUT2D eigenvalue weighted by Gasteiger charge is 2.12. The fourth-order valence-electron chi connectivity index (χ4n) is 1.60. The third-order valence-corrected chi connectivity index (χ3v) is 4.55. The van der Waals surface area contributed by atoms with Gasteiger partial charge in [-0.05, 0) is 12.5 Å². The molecule has 1 aromatic rings. The van der Waals surface area contributed by atoms with E-state index < -0.39 is 8.07 Å². The maximum absolute atomic E-state index is 5.75. The SMILES string of the molecule is CCc1cc(N=CN(C)C)nn1COCC[Si](C)(C)C. The van der Waals surface area contributed by atoms with Crippen LogP contribution in [0.25, 0.3) is 0 Å². The van der Waals surface area contributed by atoms with E-state index in [2.05, 4.69) is 36.7 Å². The first-order valence-corrected chi connectivity index (χ1v) is 10.9. The average Bonchev–Trinajstić information content (AvgIpc) is 2.73. The third kappa shape index (κ3) is 6.34. The number of aryl methyl sites for hydroxylation is 1. The second kappa shape index (κ2) is 7.59. The van der Waals surface area contributed by atoms with Crippen molar-refractivity contribution < 1.29 is 4.74 Å². The third-order valence-electron chi connectivity index (χ3n) is 2.84. The van der Waals surface area contributed by atoms with Crippen LogP contribution in [0.1, 0.15) is 12.6 Å². The molecule has 0 atom stereocenters. The number of aliphatic imine (C=N–C) groups is 1. The minimum absolute atomic E-state index is 0.519. The van der Waals surface area contributed by atoms with E-state index in [4.69, 9.17) is 4.74 Å². The molecule has 0 saturated carbocycles. The van der Waals surface area contributed by atoms with E-state index >= 15 is 0 Å². The summed E-state index contributed by atoms with van der Waals surface area (Å²) >= 11 is 0. The molecule has 0 saturated heterocycles. The molecule has 0 spiro atoms. The zero-order valence-corrected chi connectivity index (χ0v) is 14.7. The van der Waals surface area contributed by atoms with Gasteiger partial charge in [-0.15, -0.1) is 0 Å². The van der Waals surface area contributed by atoms with Crippen LogP contribution in [0.2, 0.25) is 25.7 Å². The van der Waals surface area contributed by atoms with E-state index in [9.17, 15) is 0 Å². The van der Waals surface area contributed by atoms with Crippen molar-refractivity contribution in [3.8, 4) is 0 Å². The largest absolute Gasteiger partial charge is 0.369 e. The van der Waals surface area contributed by atoms with Crippen LogP contribution in [-0.2, 0) is 17.9 Å². The molecule has 0 bridgehead atoms. The average molecular weight is 296 g/mol. The molecule has 0 unspecified atom stereocenters. The second-order valence-corrected chi connectivity index (χ2v) is 12.0. The quantitative estimate of drug-likeness (QED) is 0.320. The van der Waals surface area contributed by atoms with Gasteiger partial charge in [0, 0.05) is 40.5 Å². The molecule has 0 aromatic carbocycles. The van der Waals surface area contributed by atoms with Crippen LogP contribution in [0.15, 0.2) is 11.1 Å². The Morgan fingerprint density at radius 2 is 2.10 bits per heavy atom. The molecule has 0 radical (unpaired) electrons. The molecule has 0 aliphatic carbocycles.